The molecule has 1 aromatic heterocycles. The fraction of sp³-hybridized carbons (Fsp3) is 0.524. The van der Waals surface area contributed by atoms with E-state index in [4.69, 9.17) is 9.73 Å². The fourth-order valence-corrected chi connectivity index (χ4v) is 4.58. The third-order valence-electron chi connectivity index (χ3n) is 5.38. The van der Waals surface area contributed by atoms with Crippen LogP contribution in [0, 0.1) is 20.8 Å². The van der Waals surface area contributed by atoms with Crippen LogP contribution in [0.15, 0.2) is 23.2 Å². The summed E-state index contributed by atoms with van der Waals surface area (Å²) >= 11 is 1.51. The molecule has 0 unspecified atom stereocenters. The zero-order valence-electron chi connectivity index (χ0n) is 16.8. The van der Waals surface area contributed by atoms with Gasteiger partial charge in [0.1, 0.15) is 13.1 Å². The number of quaternary nitrogens is 1. The minimum atomic E-state index is 0.118. The second kappa shape index (κ2) is 8.95. The van der Waals surface area contributed by atoms with Gasteiger partial charge in [0.05, 0.1) is 30.3 Å². The summed E-state index contributed by atoms with van der Waals surface area (Å²) in [7, 11) is 0. The first kappa shape index (κ1) is 20.0. The Morgan fingerprint density at radius 1 is 1.26 bits per heavy atom. The van der Waals surface area contributed by atoms with Gasteiger partial charge in [0, 0.05) is 25.6 Å². The van der Waals surface area contributed by atoms with E-state index in [-0.39, 0.29) is 5.78 Å². The number of morpholine rings is 1. The molecule has 1 fully saturated rings. The van der Waals surface area contributed by atoms with Gasteiger partial charge in [0.25, 0.3) is 0 Å². The van der Waals surface area contributed by atoms with Gasteiger partial charge in [0.15, 0.2) is 10.6 Å². The van der Waals surface area contributed by atoms with Crippen LogP contribution in [0.5, 0.6) is 0 Å². The second-order valence-corrected chi connectivity index (χ2v) is 8.28. The maximum absolute atomic E-state index is 12.1. The highest BCUT2D eigenvalue weighted by atomic mass is 32.1. The molecule has 2 aromatic rings. The Balaban J connectivity index is 1.88. The molecular weight excluding hydrogens is 358 g/mol. The fourth-order valence-electron chi connectivity index (χ4n) is 3.52. The SMILES string of the molecule is CC(=O)c1sc(=Nc2cccc(C)c2C)n(CCC[NH+]2CCOCC2)c1C. The van der Waals surface area contributed by atoms with E-state index < -0.39 is 0 Å². The highest BCUT2D eigenvalue weighted by molar-refractivity contribution is 7.11. The molecule has 27 heavy (non-hydrogen) atoms. The van der Waals surface area contributed by atoms with Gasteiger partial charge in [0.2, 0.25) is 0 Å². The number of hydrogen-bond acceptors (Lipinski definition) is 4. The molecule has 1 aliphatic heterocycles. The number of hydrogen-bond donors (Lipinski definition) is 1. The van der Waals surface area contributed by atoms with Gasteiger partial charge in [-0.15, -0.1) is 0 Å². The third kappa shape index (κ3) is 4.75. The zero-order valence-corrected chi connectivity index (χ0v) is 17.6. The monoisotopic (exact) mass is 388 g/mol. The maximum atomic E-state index is 12.1. The van der Waals surface area contributed by atoms with Crippen LogP contribution in [-0.2, 0) is 11.3 Å². The minimum Gasteiger partial charge on any atom is -0.370 e. The van der Waals surface area contributed by atoms with Crippen molar-refractivity contribution in [1.29, 1.82) is 0 Å². The van der Waals surface area contributed by atoms with E-state index in [2.05, 4.69) is 24.5 Å². The van der Waals surface area contributed by atoms with Crippen LogP contribution in [-0.4, -0.2) is 43.2 Å². The number of thiazole rings is 1. The van der Waals surface area contributed by atoms with Crippen molar-refractivity contribution in [2.75, 3.05) is 32.8 Å². The molecule has 5 nitrogen and oxygen atoms in total. The van der Waals surface area contributed by atoms with Crippen molar-refractivity contribution < 1.29 is 14.4 Å². The number of ether oxygens (including phenoxy) is 1. The number of nitrogens with one attached hydrogen (secondary N) is 1. The Labute approximate surface area is 165 Å². The Bertz CT molecular complexity index is 876. The van der Waals surface area contributed by atoms with Crippen molar-refractivity contribution >= 4 is 22.8 Å². The van der Waals surface area contributed by atoms with Crippen LogP contribution in [0.1, 0.15) is 39.8 Å². The van der Waals surface area contributed by atoms with Crippen molar-refractivity contribution in [3.05, 3.63) is 44.7 Å². The first-order valence-corrected chi connectivity index (χ1v) is 10.5. The molecule has 0 saturated carbocycles. The zero-order chi connectivity index (χ0) is 19.4. The number of benzene rings is 1. The number of carbonyl (C=O) groups is 1. The van der Waals surface area contributed by atoms with Crippen LogP contribution in [0.25, 0.3) is 0 Å². The predicted octanol–water partition coefficient (Wildman–Crippen LogP) is 2.22. The molecule has 1 aromatic carbocycles. The molecule has 1 saturated heterocycles. The van der Waals surface area contributed by atoms with Gasteiger partial charge in [-0.05, 0) is 38.0 Å². The van der Waals surface area contributed by atoms with Crippen molar-refractivity contribution in [2.45, 2.75) is 40.7 Å². The molecule has 0 spiro atoms. The van der Waals surface area contributed by atoms with E-state index in [0.29, 0.717) is 0 Å². The molecule has 0 bridgehead atoms. The smallest absolute Gasteiger partial charge is 0.190 e. The van der Waals surface area contributed by atoms with Crippen molar-refractivity contribution in [3.8, 4) is 0 Å². The Kier molecular flexibility index (Phi) is 6.63. The summed E-state index contributed by atoms with van der Waals surface area (Å²) in [6.45, 7) is 13.8. The number of aromatic nitrogens is 1. The highest BCUT2D eigenvalue weighted by Crippen LogP contribution is 2.21. The van der Waals surface area contributed by atoms with Gasteiger partial charge in [-0.3, -0.25) is 4.79 Å². The van der Waals surface area contributed by atoms with Gasteiger partial charge < -0.3 is 14.2 Å². The summed E-state index contributed by atoms with van der Waals surface area (Å²) in [5.41, 5.74) is 4.45. The van der Waals surface area contributed by atoms with Crippen LogP contribution in [0.4, 0.5) is 5.69 Å². The van der Waals surface area contributed by atoms with Gasteiger partial charge in [-0.1, -0.05) is 23.5 Å². The number of aryl methyl sites for hydroxylation is 1. The largest absolute Gasteiger partial charge is 0.370 e. The lowest BCUT2D eigenvalue weighted by atomic mass is 10.1. The van der Waals surface area contributed by atoms with Crippen LogP contribution in [0.2, 0.25) is 0 Å². The Morgan fingerprint density at radius 2 is 2.00 bits per heavy atom. The van der Waals surface area contributed by atoms with E-state index in [1.807, 2.05) is 19.1 Å². The maximum Gasteiger partial charge on any atom is 0.190 e. The molecule has 3 rings (SSSR count). The first-order chi connectivity index (χ1) is 13.0. The van der Waals surface area contributed by atoms with E-state index in [0.717, 1.165) is 66.9 Å². The lowest BCUT2D eigenvalue weighted by molar-refractivity contribution is -0.908. The van der Waals surface area contributed by atoms with E-state index in [1.54, 1.807) is 11.8 Å². The quantitative estimate of drug-likeness (QED) is 0.772. The lowest BCUT2D eigenvalue weighted by Gasteiger charge is -2.23. The Hall–Kier alpha value is -1.76. The molecule has 0 radical (unpaired) electrons. The van der Waals surface area contributed by atoms with Crippen LogP contribution >= 0.6 is 11.3 Å². The lowest BCUT2D eigenvalue weighted by Crippen LogP contribution is -3.14. The number of ketones is 1. The molecule has 0 aliphatic carbocycles. The molecule has 1 aliphatic rings. The predicted molar refractivity (Wildman–Crippen MR) is 109 cm³/mol. The average Bonchev–Trinajstić information content (AvgIpc) is 2.96. The highest BCUT2D eigenvalue weighted by Gasteiger charge is 2.16. The molecule has 146 valence electrons. The summed E-state index contributed by atoms with van der Waals surface area (Å²) in [5.74, 6) is 0.118. The van der Waals surface area contributed by atoms with Gasteiger partial charge in [-0.2, -0.15) is 0 Å². The van der Waals surface area contributed by atoms with E-state index in [9.17, 15) is 4.79 Å². The molecule has 6 heteroatoms. The topological polar surface area (TPSA) is 48.0 Å². The molecule has 0 amide bonds. The van der Waals surface area contributed by atoms with Crippen molar-refractivity contribution in [2.24, 2.45) is 4.99 Å². The molecular formula is C21H30N3O2S+. The molecule has 0 atom stereocenters. The molecule has 1 N–H and O–H groups in total. The summed E-state index contributed by atoms with van der Waals surface area (Å²) in [4.78, 5) is 20.3. The summed E-state index contributed by atoms with van der Waals surface area (Å²) in [5, 5.41) is 0. The summed E-state index contributed by atoms with van der Waals surface area (Å²) in [6, 6.07) is 6.20. The van der Waals surface area contributed by atoms with Crippen molar-refractivity contribution in [3.63, 3.8) is 0 Å². The Morgan fingerprint density at radius 3 is 2.70 bits per heavy atom. The van der Waals surface area contributed by atoms with E-state index in [1.165, 1.54) is 22.5 Å². The van der Waals surface area contributed by atoms with Crippen molar-refractivity contribution in [1.82, 2.24) is 4.57 Å². The molecule has 2 heterocycles. The van der Waals surface area contributed by atoms with Gasteiger partial charge in [-0.25, -0.2) is 4.99 Å². The normalized spacial score (nSPS) is 16.1. The first-order valence-electron chi connectivity index (χ1n) is 9.71. The summed E-state index contributed by atoms with van der Waals surface area (Å²) in [6.07, 6.45) is 1.07. The van der Waals surface area contributed by atoms with Crippen LogP contribution in [0.3, 0.4) is 0 Å². The second-order valence-electron chi connectivity index (χ2n) is 7.30. The van der Waals surface area contributed by atoms with Crippen LogP contribution < -0.4 is 9.70 Å². The van der Waals surface area contributed by atoms with Gasteiger partial charge >= 0.3 is 0 Å². The standard InChI is InChI=1S/C21H29N3O2S/c1-15-7-5-8-19(16(15)2)22-21-24(17(3)20(27-21)18(4)25)10-6-9-23-11-13-26-14-12-23/h5,7-8H,6,9-14H2,1-4H3/p+1. The van der Waals surface area contributed by atoms with E-state index >= 15 is 0 Å². The third-order valence-corrected chi connectivity index (χ3v) is 6.66. The number of rotatable bonds is 6. The average molecular weight is 389 g/mol. The minimum absolute atomic E-state index is 0.118. The number of nitrogens with zero attached hydrogens (tertiary/aromatic N) is 2. The number of carbonyl (C=O) groups excluding carboxylic acids is 1. The number of Topliss-reactive ketones (excluding diaryl/α,β-unsaturated/α-hetero) is 1. The summed E-state index contributed by atoms with van der Waals surface area (Å²) < 4.78 is 7.67.